The molecule has 1 aliphatic rings. The van der Waals surface area contributed by atoms with Crippen LogP contribution in [0.4, 0.5) is 0 Å². The van der Waals surface area contributed by atoms with Gasteiger partial charge >= 0.3 is 0 Å². The van der Waals surface area contributed by atoms with Gasteiger partial charge in [0, 0.05) is 36.9 Å². The minimum atomic E-state index is -0.643. The zero-order valence-corrected chi connectivity index (χ0v) is 34.4. The van der Waals surface area contributed by atoms with Crippen molar-refractivity contribution < 1.29 is 0 Å². The fourth-order valence-electron chi connectivity index (χ4n) is 9.76. The Bertz CT molecular complexity index is 3410. The lowest BCUT2D eigenvalue weighted by Gasteiger charge is -2.35. The van der Waals surface area contributed by atoms with Crippen LogP contribution in [0.3, 0.4) is 0 Å². The molecule has 3 nitrogen and oxygen atoms in total. The first-order chi connectivity index (χ1) is 30.8. The normalized spacial score (nSPS) is 12.6. The monoisotopic (exact) mass is 807 g/mol. The maximum absolute atomic E-state index is 5.59. The van der Waals surface area contributed by atoms with Gasteiger partial charge in [-0.1, -0.05) is 200 Å². The van der Waals surface area contributed by atoms with Crippen molar-refractivity contribution in [1.29, 1.82) is 0 Å². The molecule has 9 aromatic carbocycles. The minimum Gasteiger partial charge on any atom is -0.208 e. The number of benzene rings is 9. The van der Waals surface area contributed by atoms with Crippen molar-refractivity contribution in [2.45, 2.75) is 5.41 Å². The Morgan fingerprint density at radius 2 is 0.839 bits per heavy atom. The smallest absolute Gasteiger partial charge is 0.165 e. The van der Waals surface area contributed by atoms with Crippen molar-refractivity contribution in [2.24, 2.45) is 0 Å². The summed E-state index contributed by atoms with van der Waals surface area (Å²) >= 11 is 1.79. The first kappa shape index (κ1) is 36.1. The summed E-state index contributed by atoms with van der Waals surface area (Å²) in [6.07, 6.45) is 0. The molecular weight excluding hydrogens is 771 g/mol. The summed E-state index contributed by atoms with van der Waals surface area (Å²) in [7, 11) is 0. The summed E-state index contributed by atoms with van der Waals surface area (Å²) in [6.45, 7) is 0. The van der Waals surface area contributed by atoms with E-state index >= 15 is 0 Å². The van der Waals surface area contributed by atoms with E-state index < -0.39 is 5.41 Å². The summed E-state index contributed by atoms with van der Waals surface area (Å²) in [5.41, 5.74) is 13.9. The van der Waals surface area contributed by atoms with Gasteiger partial charge in [-0.3, -0.25) is 0 Å². The maximum atomic E-state index is 5.59. The quantitative estimate of drug-likeness (QED) is 0.161. The summed E-state index contributed by atoms with van der Waals surface area (Å²) < 4.78 is 2.40. The van der Waals surface area contributed by atoms with Crippen LogP contribution < -0.4 is 0 Å². The molecule has 0 fully saturated rings. The highest BCUT2D eigenvalue weighted by molar-refractivity contribution is 7.26. The van der Waals surface area contributed by atoms with Crippen LogP contribution >= 0.6 is 11.3 Å². The van der Waals surface area contributed by atoms with E-state index in [1.807, 2.05) is 0 Å². The van der Waals surface area contributed by atoms with Crippen LogP contribution in [0.2, 0.25) is 0 Å². The van der Waals surface area contributed by atoms with E-state index in [0.29, 0.717) is 17.5 Å². The summed E-state index contributed by atoms with van der Waals surface area (Å²) in [5.74, 6) is 1.90. The number of hydrogen-bond acceptors (Lipinski definition) is 4. The fraction of sp³-hybridized carbons (Fsp3) is 0.0172. The van der Waals surface area contributed by atoms with E-state index in [4.69, 9.17) is 15.0 Å². The van der Waals surface area contributed by atoms with Crippen LogP contribution in [0.5, 0.6) is 0 Å². The SMILES string of the molecule is c1ccc(-c2ccc(-c3nc(-c4cccc5c4C(c4ccccc4)(c4ccccc4)c4ccccc4-5)nc(-c4cccc5c4sc4ccccc45)n3)c(-c3ccccc3)c2)cc1. The van der Waals surface area contributed by atoms with Crippen molar-refractivity contribution in [3.63, 3.8) is 0 Å². The third-order valence-electron chi connectivity index (χ3n) is 12.4. The van der Waals surface area contributed by atoms with Crippen molar-refractivity contribution in [1.82, 2.24) is 15.0 Å². The van der Waals surface area contributed by atoms with Gasteiger partial charge in [-0.25, -0.2) is 15.0 Å². The number of aromatic nitrogens is 3. The minimum absolute atomic E-state index is 0.625. The maximum Gasteiger partial charge on any atom is 0.165 e. The zero-order chi connectivity index (χ0) is 41.0. The number of rotatable bonds is 7. The van der Waals surface area contributed by atoms with Gasteiger partial charge in [0.1, 0.15) is 0 Å². The van der Waals surface area contributed by atoms with Gasteiger partial charge in [0.05, 0.1) is 5.41 Å². The Balaban J connectivity index is 1.18. The highest BCUT2D eigenvalue weighted by Crippen LogP contribution is 2.58. The Morgan fingerprint density at radius 3 is 1.56 bits per heavy atom. The van der Waals surface area contributed by atoms with Gasteiger partial charge in [-0.05, 0) is 79.9 Å². The molecule has 290 valence electrons. The van der Waals surface area contributed by atoms with Gasteiger partial charge in [0.25, 0.3) is 0 Å². The first-order valence-electron chi connectivity index (χ1n) is 21.0. The summed E-state index contributed by atoms with van der Waals surface area (Å²) in [4.78, 5) is 16.6. The first-order valence-corrected chi connectivity index (χ1v) is 21.8. The van der Waals surface area contributed by atoms with Crippen molar-refractivity contribution in [2.75, 3.05) is 0 Å². The Kier molecular flexibility index (Phi) is 8.58. The Hall–Kier alpha value is -7.79. The molecule has 0 atom stereocenters. The highest BCUT2D eigenvalue weighted by atomic mass is 32.1. The molecule has 0 saturated heterocycles. The Labute approximate surface area is 364 Å². The van der Waals surface area contributed by atoms with Crippen LogP contribution in [0.15, 0.2) is 224 Å². The van der Waals surface area contributed by atoms with Crippen molar-refractivity contribution in [3.05, 3.63) is 247 Å². The summed E-state index contributed by atoms with van der Waals surface area (Å²) in [6, 6.07) is 80.4. The number of fused-ring (bicyclic) bond motifs is 6. The number of hydrogen-bond donors (Lipinski definition) is 0. The molecule has 0 radical (unpaired) electrons. The van der Waals surface area contributed by atoms with Crippen LogP contribution in [-0.2, 0) is 5.41 Å². The van der Waals surface area contributed by atoms with Gasteiger partial charge in [0.2, 0.25) is 0 Å². The third-order valence-corrected chi connectivity index (χ3v) is 13.7. The van der Waals surface area contributed by atoms with E-state index in [-0.39, 0.29) is 0 Å². The molecule has 0 saturated carbocycles. The van der Waals surface area contributed by atoms with E-state index in [2.05, 4.69) is 224 Å². The molecule has 12 rings (SSSR count). The second-order valence-electron chi connectivity index (χ2n) is 15.8. The second kappa shape index (κ2) is 14.7. The van der Waals surface area contributed by atoms with E-state index in [0.717, 1.165) is 43.6 Å². The number of thiophene rings is 1. The zero-order valence-electron chi connectivity index (χ0n) is 33.6. The number of nitrogens with zero attached hydrogens (tertiary/aromatic N) is 3. The average Bonchev–Trinajstić information content (AvgIpc) is 3.89. The van der Waals surface area contributed by atoms with Gasteiger partial charge in [-0.15, -0.1) is 11.3 Å². The topological polar surface area (TPSA) is 38.7 Å². The average molecular weight is 808 g/mol. The van der Waals surface area contributed by atoms with Crippen LogP contribution in [0.25, 0.3) is 87.7 Å². The van der Waals surface area contributed by atoms with E-state index in [1.165, 1.54) is 48.9 Å². The Morgan fingerprint density at radius 1 is 0.323 bits per heavy atom. The van der Waals surface area contributed by atoms with E-state index in [1.54, 1.807) is 11.3 Å². The highest BCUT2D eigenvalue weighted by Gasteiger charge is 2.48. The van der Waals surface area contributed by atoms with Crippen LogP contribution in [-0.4, -0.2) is 15.0 Å². The molecule has 2 aromatic heterocycles. The fourth-order valence-corrected chi connectivity index (χ4v) is 11.0. The molecule has 0 spiro atoms. The molecule has 0 N–H and O–H groups in total. The van der Waals surface area contributed by atoms with Gasteiger partial charge in [-0.2, -0.15) is 0 Å². The lowest BCUT2D eigenvalue weighted by atomic mass is 9.66. The van der Waals surface area contributed by atoms with Crippen LogP contribution in [0, 0.1) is 0 Å². The largest absolute Gasteiger partial charge is 0.208 e. The second-order valence-corrected chi connectivity index (χ2v) is 16.9. The van der Waals surface area contributed by atoms with E-state index in [9.17, 15) is 0 Å². The molecular formula is C58H37N3S. The summed E-state index contributed by atoms with van der Waals surface area (Å²) in [5, 5.41) is 2.44. The molecule has 0 aliphatic heterocycles. The van der Waals surface area contributed by atoms with Crippen molar-refractivity contribution in [3.8, 4) is 67.5 Å². The lowest BCUT2D eigenvalue weighted by molar-refractivity contribution is 0.769. The predicted octanol–water partition coefficient (Wildman–Crippen LogP) is 14.9. The van der Waals surface area contributed by atoms with Crippen LogP contribution in [0.1, 0.15) is 22.3 Å². The molecule has 2 heterocycles. The van der Waals surface area contributed by atoms with Gasteiger partial charge in [0.15, 0.2) is 17.5 Å². The van der Waals surface area contributed by atoms with Crippen molar-refractivity contribution >= 4 is 31.5 Å². The van der Waals surface area contributed by atoms with Gasteiger partial charge < -0.3 is 0 Å². The lowest BCUT2D eigenvalue weighted by Crippen LogP contribution is -2.29. The standard InChI is InChI=1S/C58H37N3S/c1-5-19-38(20-6-1)40-35-36-47(50(37-40)39-21-7-2-8-22-39)55-59-56(61-57(60-55)49-32-18-30-46-44-28-14-16-34-52(44)62-54(46)49)48-31-17-29-45-43-27-13-15-33-51(43)58(53(45)48,41-23-9-3-10-24-41)42-25-11-4-12-26-42/h1-37H. The molecule has 0 unspecified atom stereocenters. The molecule has 62 heavy (non-hydrogen) atoms. The predicted molar refractivity (Wildman–Crippen MR) is 257 cm³/mol. The molecule has 0 bridgehead atoms. The molecule has 1 aliphatic carbocycles. The molecule has 11 aromatic rings. The molecule has 4 heteroatoms. The third kappa shape index (κ3) is 5.68. The molecule has 0 amide bonds.